The lowest BCUT2D eigenvalue weighted by Gasteiger charge is -2.22. The van der Waals surface area contributed by atoms with Crippen LogP contribution < -0.4 is 0 Å². The summed E-state index contributed by atoms with van der Waals surface area (Å²) in [4.78, 5) is 7.95. The summed E-state index contributed by atoms with van der Waals surface area (Å²) in [7, 11) is 0. The number of rotatable bonds is 2. The molecule has 0 amide bonds. The Morgan fingerprint density at radius 3 is 2.33 bits per heavy atom. The third-order valence-corrected chi connectivity index (χ3v) is 5.25. The fourth-order valence-corrected chi connectivity index (χ4v) is 4.07. The van der Waals surface area contributed by atoms with Crippen LogP contribution in [0.1, 0.15) is 19.4 Å². The lowest BCUT2D eigenvalue weighted by Crippen LogP contribution is -2.16. The SMILES string of the molecule is CC(C)(O)c1ccccc1-c1cc2[nH]c3ncccc3c2c2ccccc12. The Kier molecular flexibility index (Phi) is 3.36. The molecule has 5 rings (SSSR count). The van der Waals surface area contributed by atoms with Gasteiger partial charge in [0.15, 0.2) is 0 Å². The Balaban J connectivity index is 1.96. The summed E-state index contributed by atoms with van der Waals surface area (Å²) in [5.74, 6) is 0. The van der Waals surface area contributed by atoms with Crippen LogP contribution in [0.25, 0.3) is 43.8 Å². The number of nitrogens with one attached hydrogen (secondary N) is 1. The predicted octanol–water partition coefficient (Wildman–Crippen LogP) is 5.76. The number of fused-ring (bicyclic) bond motifs is 5. The van der Waals surface area contributed by atoms with Crippen LogP contribution in [-0.2, 0) is 5.60 Å². The summed E-state index contributed by atoms with van der Waals surface area (Å²) in [6, 6.07) is 22.8. The maximum absolute atomic E-state index is 10.7. The molecule has 0 saturated heterocycles. The third kappa shape index (κ3) is 2.43. The van der Waals surface area contributed by atoms with Gasteiger partial charge in [0.05, 0.1) is 5.60 Å². The van der Waals surface area contributed by atoms with Crippen LogP contribution in [0, 0.1) is 0 Å². The van der Waals surface area contributed by atoms with Crippen LogP contribution in [0.3, 0.4) is 0 Å². The quantitative estimate of drug-likeness (QED) is 0.424. The van der Waals surface area contributed by atoms with Gasteiger partial charge in [0, 0.05) is 22.5 Å². The summed E-state index contributed by atoms with van der Waals surface area (Å²) in [5, 5.41) is 15.4. The van der Waals surface area contributed by atoms with Gasteiger partial charge < -0.3 is 10.1 Å². The van der Waals surface area contributed by atoms with Crippen molar-refractivity contribution in [1.29, 1.82) is 0 Å². The molecular weight excluding hydrogens is 332 g/mol. The normalized spacial score (nSPS) is 12.3. The second-order valence-corrected chi connectivity index (χ2v) is 7.52. The zero-order chi connectivity index (χ0) is 18.6. The van der Waals surface area contributed by atoms with Gasteiger partial charge in [-0.25, -0.2) is 4.98 Å². The number of aromatic nitrogens is 2. The number of nitrogens with zero attached hydrogens (tertiary/aromatic N) is 1. The maximum atomic E-state index is 10.7. The van der Waals surface area contributed by atoms with Crippen LogP contribution in [0.4, 0.5) is 0 Å². The van der Waals surface area contributed by atoms with Crippen molar-refractivity contribution < 1.29 is 5.11 Å². The van der Waals surface area contributed by atoms with Crippen molar-refractivity contribution >= 4 is 32.7 Å². The standard InChI is InChI=1S/C24H20N2O/c1-24(2,27)20-12-6-5-9-16(20)19-14-21-22(17-10-4-3-8-15(17)19)18-11-7-13-25-23(18)26-21/h3-14,27H,1-2H3,(H,25,26). The summed E-state index contributed by atoms with van der Waals surface area (Å²) in [6.07, 6.45) is 1.81. The molecule has 0 aliphatic carbocycles. The molecule has 3 heteroatoms. The molecule has 2 aromatic heterocycles. The van der Waals surface area contributed by atoms with Gasteiger partial charge in [0.2, 0.25) is 0 Å². The first kappa shape index (κ1) is 16.0. The molecule has 0 atom stereocenters. The highest BCUT2D eigenvalue weighted by Gasteiger charge is 2.22. The van der Waals surface area contributed by atoms with Crippen LogP contribution >= 0.6 is 0 Å². The first-order valence-corrected chi connectivity index (χ1v) is 9.14. The van der Waals surface area contributed by atoms with E-state index >= 15 is 0 Å². The van der Waals surface area contributed by atoms with Gasteiger partial charge in [-0.1, -0.05) is 48.5 Å². The Bertz CT molecular complexity index is 1310. The highest BCUT2D eigenvalue weighted by Crippen LogP contribution is 2.40. The number of H-pyrrole nitrogens is 1. The van der Waals surface area contributed by atoms with Crippen molar-refractivity contribution in [3.63, 3.8) is 0 Å². The van der Waals surface area contributed by atoms with E-state index in [4.69, 9.17) is 0 Å². The van der Waals surface area contributed by atoms with E-state index in [0.29, 0.717) is 0 Å². The van der Waals surface area contributed by atoms with E-state index in [0.717, 1.165) is 33.2 Å². The van der Waals surface area contributed by atoms with Gasteiger partial charge >= 0.3 is 0 Å². The molecule has 5 aromatic rings. The molecule has 2 heterocycles. The van der Waals surface area contributed by atoms with Gasteiger partial charge in [-0.05, 0) is 59.5 Å². The topological polar surface area (TPSA) is 48.9 Å². The number of hydrogen-bond acceptors (Lipinski definition) is 2. The minimum absolute atomic E-state index is 0.894. The lowest BCUT2D eigenvalue weighted by molar-refractivity contribution is 0.0792. The first-order chi connectivity index (χ1) is 13.0. The van der Waals surface area contributed by atoms with Crippen molar-refractivity contribution in [3.8, 4) is 11.1 Å². The molecule has 0 aliphatic rings. The fraction of sp³-hybridized carbons (Fsp3) is 0.125. The van der Waals surface area contributed by atoms with Gasteiger partial charge in [0.1, 0.15) is 5.65 Å². The Morgan fingerprint density at radius 1 is 0.815 bits per heavy atom. The number of aromatic amines is 1. The summed E-state index contributed by atoms with van der Waals surface area (Å²) < 4.78 is 0. The second kappa shape index (κ2) is 5.66. The van der Waals surface area contributed by atoms with E-state index in [-0.39, 0.29) is 0 Å². The summed E-state index contributed by atoms with van der Waals surface area (Å²) in [6.45, 7) is 3.67. The lowest BCUT2D eigenvalue weighted by atomic mass is 9.87. The molecule has 0 aliphatic heterocycles. The zero-order valence-electron chi connectivity index (χ0n) is 15.3. The zero-order valence-corrected chi connectivity index (χ0v) is 15.3. The largest absolute Gasteiger partial charge is 0.386 e. The molecule has 27 heavy (non-hydrogen) atoms. The maximum Gasteiger partial charge on any atom is 0.138 e. The summed E-state index contributed by atoms with van der Waals surface area (Å²) in [5.41, 5.74) is 4.11. The molecule has 3 nitrogen and oxygen atoms in total. The van der Waals surface area contributed by atoms with E-state index in [9.17, 15) is 5.11 Å². The van der Waals surface area contributed by atoms with Gasteiger partial charge in [0.25, 0.3) is 0 Å². The van der Waals surface area contributed by atoms with E-state index in [1.165, 1.54) is 16.2 Å². The average molecular weight is 352 g/mol. The number of hydrogen-bond donors (Lipinski definition) is 2. The minimum atomic E-state index is -0.922. The van der Waals surface area contributed by atoms with Gasteiger partial charge in [-0.2, -0.15) is 0 Å². The molecule has 0 unspecified atom stereocenters. The number of pyridine rings is 1. The molecule has 0 fully saturated rings. The second-order valence-electron chi connectivity index (χ2n) is 7.52. The Labute approximate surface area is 157 Å². The predicted molar refractivity (Wildman–Crippen MR) is 112 cm³/mol. The van der Waals surface area contributed by atoms with Crippen LogP contribution in [0.5, 0.6) is 0 Å². The number of aliphatic hydroxyl groups is 1. The molecule has 0 radical (unpaired) electrons. The van der Waals surface area contributed by atoms with Crippen molar-refractivity contribution in [3.05, 3.63) is 78.5 Å². The first-order valence-electron chi connectivity index (χ1n) is 9.14. The van der Waals surface area contributed by atoms with Crippen molar-refractivity contribution in [2.75, 3.05) is 0 Å². The van der Waals surface area contributed by atoms with Crippen molar-refractivity contribution in [2.45, 2.75) is 19.4 Å². The van der Waals surface area contributed by atoms with Crippen molar-refractivity contribution in [1.82, 2.24) is 9.97 Å². The fourth-order valence-electron chi connectivity index (χ4n) is 4.07. The highest BCUT2D eigenvalue weighted by molar-refractivity contribution is 6.22. The highest BCUT2D eigenvalue weighted by atomic mass is 16.3. The van der Waals surface area contributed by atoms with Crippen LogP contribution in [0.15, 0.2) is 72.9 Å². The van der Waals surface area contributed by atoms with E-state index in [1.54, 1.807) is 0 Å². The van der Waals surface area contributed by atoms with E-state index in [1.807, 2.05) is 44.3 Å². The van der Waals surface area contributed by atoms with Gasteiger partial charge in [-0.3, -0.25) is 0 Å². The number of benzene rings is 3. The molecule has 132 valence electrons. The smallest absolute Gasteiger partial charge is 0.138 e. The molecule has 3 aromatic carbocycles. The van der Waals surface area contributed by atoms with Gasteiger partial charge in [-0.15, -0.1) is 0 Å². The Hall–Kier alpha value is -3.17. The molecular formula is C24H20N2O. The molecule has 0 saturated carbocycles. The molecule has 0 bridgehead atoms. The van der Waals surface area contributed by atoms with Crippen LogP contribution in [0.2, 0.25) is 0 Å². The molecule has 0 spiro atoms. The van der Waals surface area contributed by atoms with Crippen LogP contribution in [-0.4, -0.2) is 15.1 Å². The minimum Gasteiger partial charge on any atom is -0.386 e. The third-order valence-electron chi connectivity index (χ3n) is 5.25. The Morgan fingerprint density at radius 2 is 1.52 bits per heavy atom. The van der Waals surface area contributed by atoms with E-state index < -0.39 is 5.60 Å². The molecule has 2 N–H and O–H groups in total. The average Bonchev–Trinajstić information content (AvgIpc) is 3.05. The monoisotopic (exact) mass is 352 g/mol. The van der Waals surface area contributed by atoms with E-state index in [2.05, 4.69) is 52.4 Å². The summed E-state index contributed by atoms with van der Waals surface area (Å²) >= 11 is 0. The van der Waals surface area contributed by atoms with Crippen molar-refractivity contribution in [2.24, 2.45) is 0 Å².